The maximum atomic E-state index is 6.12. The predicted molar refractivity (Wildman–Crippen MR) is 133 cm³/mol. The van der Waals surface area contributed by atoms with E-state index >= 15 is 0 Å². The third-order valence-electron chi connectivity index (χ3n) is 5.40. The Hall–Kier alpha value is -3.88. The van der Waals surface area contributed by atoms with Crippen LogP contribution in [0.5, 0.6) is 0 Å². The molecule has 0 unspecified atom stereocenters. The first-order chi connectivity index (χ1) is 15.8. The molecule has 0 amide bonds. The van der Waals surface area contributed by atoms with Crippen LogP contribution in [0.3, 0.4) is 0 Å². The SMILES string of the molecule is Clc1ccc(N[n+]2c(-c3ccccc3)cc(-c3ccccc3)cc2-c2ccccc2)cc1. The van der Waals surface area contributed by atoms with E-state index in [0.717, 1.165) is 33.8 Å². The quantitative estimate of drug-likeness (QED) is 0.284. The van der Waals surface area contributed by atoms with E-state index in [1.54, 1.807) is 0 Å². The van der Waals surface area contributed by atoms with E-state index in [9.17, 15) is 0 Å². The Bertz CT molecular complexity index is 1260. The van der Waals surface area contributed by atoms with E-state index in [2.05, 4.69) is 95.0 Å². The van der Waals surface area contributed by atoms with Crippen LogP contribution in [0.15, 0.2) is 127 Å². The fourth-order valence-corrected chi connectivity index (χ4v) is 3.94. The normalized spacial score (nSPS) is 10.7. The number of nitrogens with zero attached hydrogens (tertiary/aromatic N) is 1. The van der Waals surface area contributed by atoms with Crippen LogP contribution in [0, 0.1) is 0 Å². The third-order valence-corrected chi connectivity index (χ3v) is 5.65. The zero-order valence-electron chi connectivity index (χ0n) is 17.4. The summed E-state index contributed by atoms with van der Waals surface area (Å²) in [5.74, 6) is 0. The van der Waals surface area contributed by atoms with Crippen molar-refractivity contribution in [2.75, 3.05) is 5.43 Å². The molecule has 0 fully saturated rings. The number of pyridine rings is 1. The van der Waals surface area contributed by atoms with Gasteiger partial charge in [-0.25, -0.2) is 0 Å². The monoisotopic (exact) mass is 433 g/mol. The summed E-state index contributed by atoms with van der Waals surface area (Å²) in [6, 6.07) is 43.6. The van der Waals surface area contributed by atoms with Crippen molar-refractivity contribution in [3.8, 4) is 33.6 Å². The van der Waals surface area contributed by atoms with E-state index < -0.39 is 0 Å². The molecule has 0 saturated heterocycles. The fourth-order valence-electron chi connectivity index (χ4n) is 3.81. The maximum Gasteiger partial charge on any atom is 0.244 e. The van der Waals surface area contributed by atoms with Gasteiger partial charge in [0, 0.05) is 28.3 Å². The number of halogens is 1. The largest absolute Gasteiger partial charge is 0.244 e. The molecule has 0 aliphatic rings. The van der Waals surface area contributed by atoms with Crippen molar-refractivity contribution in [3.05, 3.63) is 132 Å². The third kappa shape index (κ3) is 4.27. The van der Waals surface area contributed by atoms with E-state index in [0.29, 0.717) is 5.02 Å². The minimum absolute atomic E-state index is 0.714. The zero-order valence-corrected chi connectivity index (χ0v) is 18.2. The molecule has 0 radical (unpaired) electrons. The summed E-state index contributed by atoms with van der Waals surface area (Å²) < 4.78 is 2.15. The summed E-state index contributed by atoms with van der Waals surface area (Å²) >= 11 is 6.12. The molecule has 4 aromatic carbocycles. The van der Waals surface area contributed by atoms with Crippen LogP contribution in [-0.2, 0) is 0 Å². The molecule has 1 aromatic heterocycles. The number of aromatic nitrogens is 1. The molecule has 5 rings (SSSR count). The van der Waals surface area contributed by atoms with Gasteiger partial charge in [-0.1, -0.05) is 83.0 Å². The highest BCUT2D eigenvalue weighted by Crippen LogP contribution is 2.29. The van der Waals surface area contributed by atoms with Gasteiger partial charge in [0.05, 0.1) is 5.69 Å². The van der Waals surface area contributed by atoms with Crippen LogP contribution in [0.25, 0.3) is 33.6 Å². The molecule has 3 heteroatoms. The summed E-state index contributed by atoms with van der Waals surface area (Å²) in [5, 5.41) is 0.714. The first-order valence-corrected chi connectivity index (χ1v) is 10.9. The molecular weight excluding hydrogens is 412 g/mol. The second-order valence-electron chi connectivity index (χ2n) is 7.57. The fraction of sp³-hybridized carbons (Fsp3) is 0. The van der Waals surface area contributed by atoms with Crippen LogP contribution in [0.1, 0.15) is 0 Å². The average Bonchev–Trinajstić information content (AvgIpc) is 2.87. The minimum Gasteiger partial charge on any atom is -0.160 e. The zero-order chi connectivity index (χ0) is 21.8. The molecule has 0 saturated carbocycles. The number of benzene rings is 4. The Kier molecular flexibility index (Phi) is 5.69. The topological polar surface area (TPSA) is 15.9 Å². The van der Waals surface area contributed by atoms with Gasteiger partial charge >= 0.3 is 0 Å². The van der Waals surface area contributed by atoms with E-state index in [4.69, 9.17) is 11.6 Å². The Labute approximate surface area is 193 Å². The van der Waals surface area contributed by atoms with Crippen LogP contribution in [0.4, 0.5) is 5.69 Å². The van der Waals surface area contributed by atoms with E-state index in [1.807, 2.05) is 42.5 Å². The minimum atomic E-state index is 0.714. The maximum absolute atomic E-state index is 6.12. The van der Waals surface area contributed by atoms with Crippen molar-refractivity contribution in [1.29, 1.82) is 0 Å². The molecular formula is C29H22ClN2+. The lowest BCUT2D eigenvalue weighted by atomic mass is 9.99. The van der Waals surface area contributed by atoms with E-state index in [1.165, 1.54) is 5.56 Å². The van der Waals surface area contributed by atoms with Gasteiger partial charge in [-0.05, 0) is 59.7 Å². The van der Waals surface area contributed by atoms with Gasteiger partial charge in [-0.3, -0.25) is 0 Å². The van der Waals surface area contributed by atoms with Crippen molar-refractivity contribution >= 4 is 17.3 Å². The molecule has 2 nitrogen and oxygen atoms in total. The van der Waals surface area contributed by atoms with Crippen molar-refractivity contribution < 1.29 is 4.68 Å². The summed E-state index contributed by atoms with van der Waals surface area (Å²) in [6.07, 6.45) is 0. The molecule has 154 valence electrons. The summed E-state index contributed by atoms with van der Waals surface area (Å²) in [6.45, 7) is 0. The number of nitrogens with one attached hydrogen (secondary N) is 1. The van der Waals surface area contributed by atoms with Crippen LogP contribution < -0.4 is 10.1 Å². The highest BCUT2D eigenvalue weighted by Gasteiger charge is 2.23. The molecule has 0 aliphatic heterocycles. The van der Waals surface area contributed by atoms with Crippen LogP contribution in [-0.4, -0.2) is 0 Å². The van der Waals surface area contributed by atoms with Gasteiger partial charge in [-0.15, -0.1) is 0 Å². The van der Waals surface area contributed by atoms with Gasteiger partial charge in [-0.2, -0.15) is 5.43 Å². The highest BCUT2D eigenvalue weighted by molar-refractivity contribution is 6.30. The molecule has 0 spiro atoms. The van der Waals surface area contributed by atoms with Crippen LogP contribution >= 0.6 is 11.6 Å². The molecule has 5 aromatic rings. The first kappa shape index (κ1) is 20.0. The van der Waals surface area contributed by atoms with E-state index in [-0.39, 0.29) is 0 Å². The van der Waals surface area contributed by atoms with Crippen molar-refractivity contribution in [2.24, 2.45) is 0 Å². The van der Waals surface area contributed by atoms with Crippen molar-refractivity contribution in [3.63, 3.8) is 0 Å². The molecule has 0 aliphatic carbocycles. The lowest BCUT2D eigenvalue weighted by Gasteiger charge is -2.13. The van der Waals surface area contributed by atoms with Gasteiger partial charge in [0.2, 0.25) is 11.4 Å². The van der Waals surface area contributed by atoms with Crippen molar-refractivity contribution in [2.45, 2.75) is 0 Å². The molecule has 0 atom stereocenters. The van der Waals surface area contributed by atoms with Crippen LogP contribution in [0.2, 0.25) is 5.02 Å². The van der Waals surface area contributed by atoms with Gasteiger partial charge in [0.15, 0.2) is 0 Å². The van der Waals surface area contributed by atoms with Gasteiger partial charge in [0.1, 0.15) is 0 Å². The summed E-state index contributed by atoms with van der Waals surface area (Å²) in [5.41, 5.74) is 11.3. The Balaban J connectivity index is 1.78. The Morgan fingerprint density at radius 2 is 0.906 bits per heavy atom. The standard InChI is InChI=1S/C29H22ClN2/c30-26-16-18-27(19-17-26)31-32-28(23-12-6-2-7-13-23)20-25(22-10-4-1-5-11-22)21-29(32)24-14-8-3-9-15-24/h1-21,31H/q+1. The predicted octanol–water partition coefficient (Wildman–Crippen LogP) is 7.50. The molecule has 1 heterocycles. The Morgan fingerprint density at radius 3 is 1.38 bits per heavy atom. The second kappa shape index (κ2) is 9.09. The summed E-state index contributed by atoms with van der Waals surface area (Å²) in [7, 11) is 0. The number of hydrogen-bond acceptors (Lipinski definition) is 1. The highest BCUT2D eigenvalue weighted by atomic mass is 35.5. The van der Waals surface area contributed by atoms with Gasteiger partial charge in [0.25, 0.3) is 0 Å². The first-order valence-electron chi connectivity index (χ1n) is 10.6. The smallest absolute Gasteiger partial charge is 0.160 e. The van der Waals surface area contributed by atoms with Gasteiger partial charge < -0.3 is 0 Å². The number of anilines is 1. The lowest BCUT2D eigenvalue weighted by Crippen LogP contribution is -2.46. The molecule has 0 bridgehead atoms. The second-order valence-corrected chi connectivity index (χ2v) is 8.00. The lowest BCUT2D eigenvalue weighted by molar-refractivity contribution is -0.620. The molecule has 32 heavy (non-hydrogen) atoms. The number of rotatable bonds is 5. The summed E-state index contributed by atoms with van der Waals surface area (Å²) in [4.78, 5) is 0. The Morgan fingerprint density at radius 1 is 0.469 bits per heavy atom. The number of hydrogen-bond donors (Lipinski definition) is 1. The average molecular weight is 434 g/mol. The molecule has 1 N–H and O–H groups in total. The van der Waals surface area contributed by atoms with Crippen molar-refractivity contribution in [1.82, 2.24) is 0 Å².